The van der Waals surface area contributed by atoms with E-state index in [9.17, 15) is 9.59 Å². The SMILES string of the molecule is COCCNC(=O)c1ccc(-c2ccccc2C(=O)N(C)C)cc1. The van der Waals surface area contributed by atoms with Gasteiger partial charge in [0.25, 0.3) is 11.8 Å². The first kappa shape index (κ1) is 17.7. The second kappa shape index (κ2) is 8.26. The monoisotopic (exact) mass is 326 g/mol. The lowest BCUT2D eigenvalue weighted by Crippen LogP contribution is -2.26. The Morgan fingerprint density at radius 1 is 1.04 bits per heavy atom. The van der Waals surface area contributed by atoms with Crippen LogP contribution in [-0.4, -0.2) is 51.1 Å². The minimum absolute atomic E-state index is 0.0491. The molecular weight excluding hydrogens is 304 g/mol. The lowest BCUT2D eigenvalue weighted by Gasteiger charge is -2.14. The van der Waals surface area contributed by atoms with Gasteiger partial charge >= 0.3 is 0 Å². The van der Waals surface area contributed by atoms with E-state index < -0.39 is 0 Å². The summed E-state index contributed by atoms with van der Waals surface area (Å²) in [5.41, 5.74) is 2.96. The lowest BCUT2D eigenvalue weighted by atomic mass is 9.98. The summed E-state index contributed by atoms with van der Waals surface area (Å²) >= 11 is 0. The maximum absolute atomic E-state index is 12.3. The van der Waals surface area contributed by atoms with Crippen molar-refractivity contribution in [3.05, 3.63) is 59.7 Å². The van der Waals surface area contributed by atoms with Crippen molar-refractivity contribution in [2.24, 2.45) is 0 Å². The van der Waals surface area contributed by atoms with Gasteiger partial charge in [-0.05, 0) is 29.3 Å². The highest BCUT2D eigenvalue weighted by molar-refractivity contribution is 6.01. The van der Waals surface area contributed by atoms with Crippen LogP contribution in [0.3, 0.4) is 0 Å². The molecule has 0 aliphatic carbocycles. The van der Waals surface area contributed by atoms with Gasteiger partial charge in [-0.1, -0.05) is 30.3 Å². The highest BCUT2D eigenvalue weighted by atomic mass is 16.5. The number of rotatable bonds is 6. The van der Waals surface area contributed by atoms with Gasteiger partial charge < -0.3 is 15.0 Å². The van der Waals surface area contributed by atoms with Crippen LogP contribution in [0.15, 0.2) is 48.5 Å². The average Bonchev–Trinajstić information content (AvgIpc) is 2.61. The molecular formula is C19H22N2O3. The van der Waals surface area contributed by atoms with Gasteiger partial charge in [-0.3, -0.25) is 9.59 Å². The summed E-state index contributed by atoms with van der Waals surface area (Å²) < 4.78 is 4.91. The number of methoxy groups -OCH3 is 1. The number of nitrogens with one attached hydrogen (secondary N) is 1. The van der Waals surface area contributed by atoms with Crippen molar-refractivity contribution < 1.29 is 14.3 Å². The Morgan fingerprint density at radius 3 is 2.33 bits per heavy atom. The number of benzene rings is 2. The van der Waals surface area contributed by atoms with Crippen molar-refractivity contribution in [3.8, 4) is 11.1 Å². The first-order valence-corrected chi connectivity index (χ1v) is 7.73. The molecule has 2 aromatic rings. The van der Waals surface area contributed by atoms with E-state index >= 15 is 0 Å². The Morgan fingerprint density at radius 2 is 1.71 bits per heavy atom. The summed E-state index contributed by atoms with van der Waals surface area (Å²) in [6.07, 6.45) is 0. The fourth-order valence-electron chi connectivity index (χ4n) is 2.33. The van der Waals surface area contributed by atoms with Crippen LogP contribution < -0.4 is 5.32 Å². The molecule has 0 aliphatic heterocycles. The molecule has 0 fully saturated rings. The van der Waals surface area contributed by atoms with Crippen molar-refractivity contribution in [1.82, 2.24) is 10.2 Å². The Bertz CT molecular complexity index is 709. The number of carbonyl (C=O) groups excluding carboxylic acids is 2. The lowest BCUT2D eigenvalue weighted by molar-refractivity contribution is 0.0828. The van der Waals surface area contributed by atoms with Crippen LogP contribution in [0.2, 0.25) is 0 Å². The number of hydrogen-bond donors (Lipinski definition) is 1. The molecule has 5 nitrogen and oxygen atoms in total. The Hall–Kier alpha value is -2.66. The molecule has 126 valence electrons. The highest BCUT2D eigenvalue weighted by Gasteiger charge is 2.14. The molecule has 0 heterocycles. The Kier molecular flexibility index (Phi) is 6.09. The van der Waals surface area contributed by atoms with Crippen LogP contribution >= 0.6 is 0 Å². The summed E-state index contributed by atoms with van der Waals surface area (Å²) in [6, 6.07) is 14.7. The second-order valence-corrected chi connectivity index (χ2v) is 5.57. The van der Waals surface area contributed by atoms with E-state index in [1.54, 1.807) is 38.2 Å². The summed E-state index contributed by atoms with van der Waals surface area (Å²) in [4.78, 5) is 25.9. The van der Waals surface area contributed by atoms with Gasteiger partial charge in [0, 0.05) is 38.9 Å². The molecule has 0 aromatic heterocycles. The van der Waals surface area contributed by atoms with Crippen LogP contribution in [0.4, 0.5) is 0 Å². The van der Waals surface area contributed by atoms with Gasteiger partial charge in [0.1, 0.15) is 0 Å². The van der Waals surface area contributed by atoms with E-state index in [0.29, 0.717) is 24.3 Å². The molecule has 0 atom stereocenters. The third-order valence-electron chi connectivity index (χ3n) is 3.61. The van der Waals surface area contributed by atoms with Crippen LogP contribution in [-0.2, 0) is 4.74 Å². The fourth-order valence-corrected chi connectivity index (χ4v) is 2.33. The maximum Gasteiger partial charge on any atom is 0.253 e. The van der Waals surface area contributed by atoms with Crippen molar-refractivity contribution in [2.75, 3.05) is 34.4 Å². The summed E-state index contributed by atoms with van der Waals surface area (Å²) in [7, 11) is 5.05. The molecule has 24 heavy (non-hydrogen) atoms. The van der Waals surface area contributed by atoms with Crippen molar-refractivity contribution in [2.45, 2.75) is 0 Å². The van der Waals surface area contributed by atoms with Gasteiger partial charge in [0.05, 0.1) is 6.61 Å². The fraction of sp³-hybridized carbons (Fsp3) is 0.263. The van der Waals surface area contributed by atoms with Gasteiger partial charge in [-0.15, -0.1) is 0 Å². The van der Waals surface area contributed by atoms with Crippen LogP contribution in [0.1, 0.15) is 20.7 Å². The van der Waals surface area contributed by atoms with E-state index in [1.165, 1.54) is 0 Å². The minimum Gasteiger partial charge on any atom is -0.383 e. The number of hydrogen-bond acceptors (Lipinski definition) is 3. The topological polar surface area (TPSA) is 58.6 Å². The molecule has 2 aromatic carbocycles. The Labute approximate surface area is 142 Å². The molecule has 0 bridgehead atoms. The number of carbonyl (C=O) groups is 2. The second-order valence-electron chi connectivity index (χ2n) is 5.57. The van der Waals surface area contributed by atoms with E-state index in [2.05, 4.69) is 5.32 Å². The van der Waals surface area contributed by atoms with Gasteiger partial charge in [-0.2, -0.15) is 0 Å². The van der Waals surface area contributed by atoms with E-state index in [1.807, 2.05) is 36.4 Å². The van der Waals surface area contributed by atoms with Crippen LogP contribution in [0.5, 0.6) is 0 Å². The molecule has 1 N–H and O–H groups in total. The molecule has 0 aliphatic rings. The first-order valence-electron chi connectivity index (χ1n) is 7.73. The molecule has 0 saturated heterocycles. The van der Waals surface area contributed by atoms with Crippen molar-refractivity contribution >= 4 is 11.8 Å². The van der Waals surface area contributed by atoms with Gasteiger partial charge in [-0.25, -0.2) is 0 Å². The quantitative estimate of drug-likeness (QED) is 0.830. The smallest absolute Gasteiger partial charge is 0.253 e. The predicted octanol–water partition coefficient (Wildman–Crippen LogP) is 2.43. The Balaban J connectivity index is 2.23. The number of nitrogens with zero attached hydrogens (tertiary/aromatic N) is 1. The zero-order valence-electron chi connectivity index (χ0n) is 14.2. The predicted molar refractivity (Wildman–Crippen MR) is 94.1 cm³/mol. The summed E-state index contributed by atoms with van der Waals surface area (Å²) in [6.45, 7) is 0.946. The number of amides is 2. The average molecular weight is 326 g/mol. The molecule has 0 unspecified atom stereocenters. The van der Waals surface area contributed by atoms with Crippen molar-refractivity contribution in [1.29, 1.82) is 0 Å². The van der Waals surface area contributed by atoms with Crippen LogP contribution in [0.25, 0.3) is 11.1 Å². The summed E-state index contributed by atoms with van der Waals surface area (Å²) in [5.74, 6) is -0.191. The van der Waals surface area contributed by atoms with Crippen molar-refractivity contribution in [3.63, 3.8) is 0 Å². The standard InChI is InChI=1S/C19H22N2O3/c1-21(2)19(23)17-7-5-4-6-16(17)14-8-10-15(11-9-14)18(22)20-12-13-24-3/h4-11H,12-13H2,1-3H3,(H,20,22). The third kappa shape index (κ3) is 4.20. The molecule has 2 rings (SSSR count). The molecule has 0 saturated carbocycles. The van der Waals surface area contributed by atoms with E-state index in [4.69, 9.17) is 4.74 Å². The third-order valence-corrected chi connectivity index (χ3v) is 3.61. The molecule has 5 heteroatoms. The maximum atomic E-state index is 12.3. The highest BCUT2D eigenvalue weighted by Crippen LogP contribution is 2.24. The molecule has 0 spiro atoms. The van der Waals surface area contributed by atoms with Gasteiger partial charge in [0.15, 0.2) is 0 Å². The largest absolute Gasteiger partial charge is 0.383 e. The van der Waals surface area contributed by atoms with E-state index in [-0.39, 0.29) is 11.8 Å². The van der Waals surface area contributed by atoms with Crippen LogP contribution in [0, 0.1) is 0 Å². The zero-order valence-corrected chi connectivity index (χ0v) is 14.2. The van der Waals surface area contributed by atoms with Gasteiger partial charge in [0.2, 0.25) is 0 Å². The minimum atomic E-state index is -0.142. The zero-order chi connectivity index (χ0) is 17.5. The number of ether oxygens (including phenoxy) is 1. The first-order chi connectivity index (χ1) is 11.5. The normalized spacial score (nSPS) is 10.3. The van der Waals surface area contributed by atoms with E-state index in [0.717, 1.165) is 11.1 Å². The molecule has 0 radical (unpaired) electrons. The summed E-state index contributed by atoms with van der Waals surface area (Å²) in [5, 5.41) is 2.78. The molecule has 2 amide bonds.